The maximum atomic E-state index is 14.3. The summed E-state index contributed by atoms with van der Waals surface area (Å²) in [6.07, 6.45) is 1.24. The lowest BCUT2D eigenvalue weighted by Gasteiger charge is -2.35. The van der Waals surface area contributed by atoms with E-state index in [1.165, 1.54) is 58.7 Å². The Labute approximate surface area is 288 Å². The largest absolute Gasteiger partial charge is 0.490 e. The number of carbonyl (C=O) groups is 1. The van der Waals surface area contributed by atoms with Crippen molar-refractivity contribution in [1.29, 1.82) is 0 Å². The van der Waals surface area contributed by atoms with Gasteiger partial charge >= 0.3 is 0 Å². The minimum atomic E-state index is -3.95. The summed E-state index contributed by atoms with van der Waals surface area (Å²) in [5, 5.41) is 10.6. The lowest BCUT2D eigenvalue weighted by molar-refractivity contribution is -0.00833. The number of aliphatic hydroxyl groups excluding tert-OH is 1. The van der Waals surface area contributed by atoms with E-state index in [9.17, 15) is 26.7 Å². The second kappa shape index (κ2) is 16.5. The Morgan fingerprint density at radius 1 is 1.00 bits per heavy atom. The van der Waals surface area contributed by atoms with E-state index < -0.39 is 38.1 Å². The van der Waals surface area contributed by atoms with Crippen LogP contribution < -0.4 is 9.46 Å². The van der Waals surface area contributed by atoms with E-state index in [0.717, 1.165) is 6.42 Å². The second-order valence-corrected chi connectivity index (χ2v) is 16.3. The molecule has 0 aromatic heterocycles. The Morgan fingerprint density at radius 3 is 2.35 bits per heavy atom. The summed E-state index contributed by atoms with van der Waals surface area (Å²) in [6.45, 7) is 5.61. The first-order valence-corrected chi connectivity index (χ1v) is 19.2. The minimum absolute atomic E-state index is 0.0170. The highest BCUT2D eigenvalue weighted by Crippen LogP contribution is 2.30. The molecule has 0 fully saturated rings. The summed E-state index contributed by atoms with van der Waals surface area (Å²) in [6, 6.07) is 17.8. The molecule has 4 atom stereocenters. The maximum absolute atomic E-state index is 14.3. The zero-order valence-electron chi connectivity index (χ0n) is 27.6. The van der Waals surface area contributed by atoms with Crippen molar-refractivity contribution in [1.82, 2.24) is 9.21 Å². The van der Waals surface area contributed by atoms with Crippen molar-refractivity contribution in [2.75, 3.05) is 38.1 Å². The van der Waals surface area contributed by atoms with Gasteiger partial charge in [0.25, 0.3) is 15.9 Å². The van der Waals surface area contributed by atoms with Gasteiger partial charge in [0.15, 0.2) is 0 Å². The summed E-state index contributed by atoms with van der Waals surface area (Å²) in [5.74, 6) is -0.572. The first-order chi connectivity index (χ1) is 22.7. The zero-order chi connectivity index (χ0) is 35.1. The number of aliphatic hydroxyl groups is 1. The van der Waals surface area contributed by atoms with Gasteiger partial charge in [0.05, 0.1) is 40.2 Å². The lowest BCUT2D eigenvalue weighted by atomic mass is 10.0. The van der Waals surface area contributed by atoms with Crippen LogP contribution in [0.5, 0.6) is 5.75 Å². The third-order valence-electron chi connectivity index (χ3n) is 8.32. The Kier molecular flexibility index (Phi) is 12.9. The molecule has 14 heteroatoms. The van der Waals surface area contributed by atoms with Gasteiger partial charge in [-0.2, -0.15) is 4.31 Å². The molecule has 3 aromatic rings. The van der Waals surface area contributed by atoms with Crippen LogP contribution >= 0.6 is 11.6 Å². The highest BCUT2D eigenvalue weighted by molar-refractivity contribution is 7.92. The third kappa shape index (κ3) is 9.48. The predicted octanol–water partition coefficient (Wildman–Crippen LogP) is 5.26. The molecule has 1 heterocycles. The molecule has 1 amide bonds. The number of ether oxygens (including phenoxy) is 2. The Bertz CT molecular complexity index is 1740. The van der Waals surface area contributed by atoms with Crippen LogP contribution in [-0.2, 0) is 24.8 Å². The quantitative estimate of drug-likeness (QED) is 0.305. The van der Waals surface area contributed by atoms with Crippen molar-refractivity contribution >= 4 is 43.2 Å². The van der Waals surface area contributed by atoms with Crippen molar-refractivity contribution in [3.63, 3.8) is 0 Å². The minimum Gasteiger partial charge on any atom is -0.490 e. The van der Waals surface area contributed by atoms with E-state index in [2.05, 4.69) is 4.72 Å². The molecule has 2 N–H and O–H groups in total. The summed E-state index contributed by atoms with van der Waals surface area (Å²) in [7, 11) is -6.33. The van der Waals surface area contributed by atoms with E-state index in [0.29, 0.717) is 24.5 Å². The number of halogens is 1. The molecule has 11 nitrogen and oxygen atoms in total. The van der Waals surface area contributed by atoms with Crippen molar-refractivity contribution in [3.8, 4) is 5.75 Å². The lowest BCUT2D eigenvalue weighted by Crippen LogP contribution is -2.48. The molecule has 1 aliphatic rings. The average molecular weight is 722 g/mol. The molecule has 262 valence electrons. The van der Waals surface area contributed by atoms with Crippen LogP contribution in [0.1, 0.15) is 50.4 Å². The SMILES string of the molecule is C[C@@H]1CCCCO[C@@H](CN(C)S(=O)(=O)c2ccc(Cl)cc2)[C@H](C)CN([C@@H](C)CO)C(=O)c2cc(NS(=O)(=O)c3ccccc3)ccc2O1. The Morgan fingerprint density at radius 2 is 1.69 bits per heavy atom. The smallest absolute Gasteiger partial charge is 0.261 e. The normalized spacial score (nSPS) is 20.8. The fourth-order valence-corrected chi connectivity index (χ4v) is 7.78. The number of benzene rings is 3. The fourth-order valence-electron chi connectivity index (χ4n) is 5.40. The molecule has 0 radical (unpaired) electrons. The van der Waals surface area contributed by atoms with Gasteiger partial charge in [0.2, 0.25) is 10.0 Å². The maximum Gasteiger partial charge on any atom is 0.261 e. The first-order valence-electron chi connectivity index (χ1n) is 15.9. The molecule has 0 saturated heterocycles. The molecule has 1 aliphatic heterocycles. The van der Waals surface area contributed by atoms with Crippen LogP contribution in [0.4, 0.5) is 5.69 Å². The predicted molar refractivity (Wildman–Crippen MR) is 185 cm³/mol. The number of carbonyl (C=O) groups excluding carboxylic acids is 1. The van der Waals surface area contributed by atoms with Crippen LogP contribution in [0, 0.1) is 5.92 Å². The average Bonchev–Trinajstić information content (AvgIpc) is 3.06. The standard InChI is InChI=1S/C34H44ClN3O8S2/c1-24-21-38(25(2)23-39)34(40)31-20-28(36-47(41,42)29-11-6-5-7-12-29)15-18-32(31)46-26(3)10-8-9-19-45-33(24)22-37(4)48(43,44)30-16-13-27(35)14-17-30/h5-7,11-18,20,24-26,33,36,39H,8-10,19,21-23H2,1-4H3/t24-,25+,26-,33+/m1/s1. The van der Waals surface area contributed by atoms with Crippen LogP contribution in [0.2, 0.25) is 5.02 Å². The van der Waals surface area contributed by atoms with Gasteiger partial charge in [-0.25, -0.2) is 16.8 Å². The first kappa shape index (κ1) is 37.6. The molecule has 3 aromatic carbocycles. The molecule has 4 rings (SSSR count). The van der Waals surface area contributed by atoms with Gasteiger partial charge in [0.1, 0.15) is 5.75 Å². The monoisotopic (exact) mass is 721 g/mol. The van der Waals surface area contributed by atoms with Crippen molar-refractivity contribution in [2.45, 2.75) is 68.1 Å². The highest BCUT2D eigenvalue weighted by atomic mass is 35.5. The molecule has 0 spiro atoms. The number of hydrogen-bond donors (Lipinski definition) is 2. The van der Waals surface area contributed by atoms with E-state index in [1.807, 2.05) is 13.8 Å². The summed E-state index contributed by atoms with van der Waals surface area (Å²) in [5.41, 5.74) is 0.294. The van der Waals surface area contributed by atoms with Crippen LogP contribution in [-0.4, -0.2) is 88.7 Å². The number of sulfonamides is 2. The second-order valence-electron chi connectivity index (χ2n) is 12.2. The van der Waals surface area contributed by atoms with Crippen LogP contribution in [0.25, 0.3) is 0 Å². The van der Waals surface area contributed by atoms with Crippen molar-refractivity contribution in [2.24, 2.45) is 5.92 Å². The molecular weight excluding hydrogens is 678 g/mol. The molecule has 0 aliphatic carbocycles. The molecule has 48 heavy (non-hydrogen) atoms. The highest BCUT2D eigenvalue weighted by Gasteiger charge is 2.32. The fraction of sp³-hybridized carbons (Fsp3) is 0.441. The number of hydrogen-bond acceptors (Lipinski definition) is 8. The van der Waals surface area contributed by atoms with Gasteiger partial charge < -0.3 is 19.5 Å². The molecular formula is C34H44ClN3O8S2. The Hall–Kier alpha value is -3.20. The number of fused-ring (bicyclic) bond motifs is 1. The van der Waals surface area contributed by atoms with E-state index in [1.54, 1.807) is 37.3 Å². The van der Waals surface area contributed by atoms with Gasteiger partial charge in [-0.05, 0) is 87.7 Å². The topological polar surface area (TPSA) is 143 Å². The summed E-state index contributed by atoms with van der Waals surface area (Å²) < 4.78 is 69.3. The van der Waals surface area contributed by atoms with E-state index in [-0.39, 0.29) is 58.5 Å². The third-order valence-corrected chi connectivity index (χ3v) is 11.8. The van der Waals surface area contributed by atoms with Gasteiger partial charge in [-0.1, -0.05) is 36.7 Å². The van der Waals surface area contributed by atoms with Crippen LogP contribution in [0.3, 0.4) is 0 Å². The van der Waals surface area contributed by atoms with E-state index >= 15 is 0 Å². The van der Waals surface area contributed by atoms with Gasteiger partial charge in [-0.15, -0.1) is 0 Å². The number of rotatable bonds is 9. The summed E-state index contributed by atoms with van der Waals surface area (Å²) in [4.78, 5) is 16.0. The number of amides is 1. The number of nitrogens with zero attached hydrogens (tertiary/aromatic N) is 2. The number of likely N-dealkylation sites (N-methyl/N-ethyl adjacent to an activating group) is 1. The van der Waals surface area contributed by atoms with Crippen LogP contribution in [0.15, 0.2) is 82.6 Å². The van der Waals surface area contributed by atoms with Crippen molar-refractivity contribution in [3.05, 3.63) is 83.4 Å². The Balaban J connectivity index is 1.67. The molecule has 0 unspecified atom stereocenters. The molecule has 0 bridgehead atoms. The zero-order valence-corrected chi connectivity index (χ0v) is 30.0. The molecule has 0 saturated carbocycles. The van der Waals surface area contributed by atoms with Gasteiger partial charge in [0, 0.05) is 43.4 Å². The van der Waals surface area contributed by atoms with E-state index in [4.69, 9.17) is 21.1 Å². The van der Waals surface area contributed by atoms with Crippen molar-refractivity contribution < 1.29 is 36.2 Å². The van der Waals surface area contributed by atoms with Gasteiger partial charge in [-0.3, -0.25) is 9.52 Å². The number of nitrogens with one attached hydrogen (secondary N) is 1. The summed E-state index contributed by atoms with van der Waals surface area (Å²) >= 11 is 5.97. The number of anilines is 1.